The van der Waals surface area contributed by atoms with Gasteiger partial charge in [0.25, 0.3) is 5.91 Å². The smallest absolute Gasteiger partial charge is 0.355 e. The van der Waals surface area contributed by atoms with Crippen LogP contribution in [0, 0.1) is 6.92 Å². The Labute approximate surface area is 241 Å². The second-order valence-corrected chi connectivity index (χ2v) is 11.0. The molecule has 1 saturated heterocycles. The molecule has 4 N–H and O–H groups in total. The summed E-state index contributed by atoms with van der Waals surface area (Å²) in [5.41, 5.74) is 11.2. The highest BCUT2D eigenvalue weighted by atomic mass is 32.1. The zero-order valence-electron chi connectivity index (χ0n) is 22.6. The van der Waals surface area contributed by atoms with Gasteiger partial charge < -0.3 is 30.5 Å². The Balaban J connectivity index is 1.49. The molecule has 10 heteroatoms. The fraction of sp³-hybridized carbons (Fsp3) is 0.258. The number of carbonyl (C=O) groups excluding carboxylic acids is 1. The van der Waals surface area contributed by atoms with Crippen molar-refractivity contribution in [1.29, 1.82) is 0 Å². The third-order valence-electron chi connectivity index (χ3n) is 7.47. The average Bonchev–Trinajstić information content (AvgIpc) is 3.39. The molecule has 0 radical (unpaired) electrons. The van der Waals surface area contributed by atoms with Crippen LogP contribution in [0.3, 0.4) is 0 Å². The molecule has 2 aromatic carbocycles. The second kappa shape index (κ2) is 11.3. The molecule has 2 aliphatic heterocycles. The van der Waals surface area contributed by atoms with E-state index in [-0.39, 0.29) is 11.6 Å². The summed E-state index contributed by atoms with van der Waals surface area (Å²) in [7, 11) is 0. The number of ether oxygens (including phenoxy) is 2. The highest BCUT2D eigenvalue weighted by Gasteiger charge is 2.27. The number of hydrogen-bond acceptors (Lipinski definition) is 8. The minimum atomic E-state index is -1.17. The summed E-state index contributed by atoms with van der Waals surface area (Å²) in [5, 5.41) is 15.3. The molecule has 6 rings (SSSR count). The number of aryl methyl sites for hydroxylation is 1. The molecule has 41 heavy (non-hydrogen) atoms. The number of anilines is 2. The standard InChI is InChI=1S/C31H30N4O5S/c1-18-14-19(17-32)2-4-25(18)33-30(36)23-15-24-26(40-10-6-20-7-13-41-29(20)24)16-22(23)21-3-5-27(34-28(21)31(37)38)35-8-11-39-12-9-35/h2-5,7,13-16H,6,8-12,17,32H2,1H3,(H,33,36)(H,37,38). The Morgan fingerprint density at radius 2 is 1.88 bits per heavy atom. The molecule has 4 aromatic rings. The van der Waals surface area contributed by atoms with Gasteiger partial charge in [-0.1, -0.05) is 12.1 Å². The van der Waals surface area contributed by atoms with Gasteiger partial charge >= 0.3 is 5.97 Å². The topological polar surface area (TPSA) is 127 Å². The molecule has 0 spiro atoms. The third kappa shape index (κ3) is 5.29. The van der Waals surface area contributed by atoms with Crippen LogP contribution < -0.4 is 20.7 Å². The van der Waals surface area contributed by atoms with E-state index >= 15 is 0 Å². The fourth-order valence-electron chi connectivity index (χ4n) is 5.31. The van der Waals surface area contributed by atoms with Crippen LogP contribution in [0.25, 0.3) is 21.6 Å². The molecule has 1 fully saturated rings. The van der Waals surface area contributed by atoms with Crippen molar-refractivity contribution in [2.45, 2.75) is 19.9 Å². The molecule has 210 valence electrons. The third-order valence-corrected chi connectivity index (χ3v) is 8.46. The first-order valence-electron chi connectivity index (χ1n) is 13.5. The number of fused-ring (bicyclic) bond motifs is 3. The number of nitrogens with one attached hydrogen (secondary N) is 1. The number of morpholine rings is 1. The predicted molar refractivity (Wildman–Crippen MR) is 159 cm³/mol. The lowest BCUT2D eigenvalue weighted by Gasteiger charge is -2.28. The summed E-state index contributed by atoms with van der Waals surface area (Å²) in [6.07, 6.45) is 0.743. The van der Waals surface area contributed by atoms with Gasteiger partial charge in [-0.15, -0.1) is 11.3 Å². The van der Waals surface area contributed by atoms with Crippen LogP contribution >= 0.6 is 11.3 Å². The summed E-state index contributed by atoms with van der Waals surface area (Å²) >= 11 is 1.59. The molecule has 4 heterocycles. The number of carboxylic acid groups (broad SMARTS) is 1. The summed E-state index contributed by atoms with van der Waals surface area (Å²) < 4.78 is 11.6. The van der Waals surface area contributed by atoms with Crippen LogP contribution in [0.1, 0.15) is 37.5 Å². The van der Waals surface area contributed by atoms with Crippen molar-refractivity contribution < 1.29 is 24.2 Å². The lowest BCUT2D eigenvalue weighted by Crippen LogP contribution is -2.37. The van der Waals surface area contributed by atoms with Crippen LogP contribution in [0.2, 0.25) is 0 Å². The van der Waals surface area contributed by atoms with Gasteiger partial charge in [0.1, 0.15) is 11.6 Å². The van der Waals surface area contributed by atoms with Crippen LogP contribution in [-0.2, 0) is 17.7 Å². The normalized spacial score (nSPS) is 14.4. The quantitative estimate of drug-likeness (QED) is 0.297. The molecule has 0 aliphatic carbocycles. The first-order valence-corrected chi connectivity index (χ1v) is 14.4. The number of nitrogens with two attached hydrogens (primary N) is 1. The van der Waals surface area contributed by atoms with Gasteiger partial charge in [0, 0.05) is 58.9 Å². The zero-order valence-corrected chi connectivity index (χ0v) is 23.4. The van der Waals surface area contributed by atoms with E-state index in [1.807, 2.05) is 41.5 Å². The van der Waals surface area contributed by atoms with E-state index in [9.17, 15) is 14.7 Å². The van der Waals surface area contributed by atoms with E-state index < -0.39 is 5.97 Å². The van der Waals surface area contributed by atoms with Gasteiger partial charge in [-0.3, -0.25) is 4.79 Å². The van der Waals surface area contributed by atoms with Gasteiger partial charge in [0.2, 0.25) is 0 Å². The molecule has 0 saturated carbocycles. The van der Waals surface area contributed by atoms with Crippen LogP contribution in [-0.4, -0.2) is 54.9 Å². The van der Waals surface area contributed by atoms with Crippen molar-refractivity contribution >= 4 is 34.7 Å². The lowest BCUT2D eigenvalue weighted by atomic mass is 9.93. The largest absolute Gasteiger partial charge is 0.493 e. The van der Waals surface area contributed by atoms with E-state index in [1.54, 1.807) is 29.5 Å². The molecule has 0 atom stereocenters. The highest BCUT2D eigenvalue weighted by Crippen LogP contribution is 2.43. The Kier molecular flexibility index (Phi) is 7.44. The zero-order chi connectivity index (χ0) is 28.5. The highest BCUT2D eigenvalue weighted by molar-refractivity contribution is 7.13. The maximum absolute atomic E-state index is 14.0. The van der Waals surface area contributed by atoms with Crippen LogP contribution in [0.15, 0.2) is 53.9 Å². The van der Waals surface area contributed by atoms with Crippen molar-refractivity contribution in [3.05, 3.63) is 81.9 Å². The average molecular weight is 571 g/mol. The summed E-state index contributed by atoms with van der Waals surface area (Å²) in [6.45, 7) is 5.14. The molecule has 1 amide bonds. The minimum absolute atomic E-state index is 0.128. The fourth-order valence-corrected chi connectivity index (χ4v) is 6.28. The first-order chi connectivity index (χ1) is 19.9. The molecule has 0 bridgehead atoms. The van der Waals surface area contributed by atoms with Crippen LogP contribution in [0.4, 0.5) is 11.5 Å². The maximum atomic E-state index is 14.0. The molecular formula is C31H30N4O5S. The van der Waals surface area contributed by atoms with E-state index in [0.717, 1.165) is 33.6 Å². The SMILES string of the molecule is Cc1cc(CN)ccc1NC(=O)c1cc2c(cc1-c1ccc(N3CCOCC3)nc1C(=O)O)OCCc1ccsc1-2. The van der Waals surface area contributed by atoms with Crippen molar-refractivity contribution in [3.63, 3.8) is 0 Å². The van der Waals surface area contributed by atoms with Crippen molar-refractivity contribution in [3.8, 4) is 27.3 Å². The predicted octanol–water partition coefficient (Wildman–Crippen LogP) is 4.97. The number of amides is 1. The number of aromatic carboxylic acids is 1. The van der Waals surface area contributed by atoms with E-state index in [2.05, 4.69) is 16.4 Å². The number of aromatic nitrogens is 1. The monoisotopic (exact) mass is 570 g/mol. The number of benzene rings is 2. The molecule has 2 aliphatic rings. The van der Waals surface area contributed by atoms with Crippen LogP contribution in [0.5, 0.6) is 5.75 Å². The number of rotatable bonds is 6. The number of pyridine rings is 1. The lowest BCUT2D eigenvalue weighted by molar-refractivity contribution is 0.0691. The van der Waals surface area contributed by atoms with Crippen molar-refractivity contribution in [1.82, 2.24) is 4.98 Å². The van der Waals surface area contributed by atoms with Crippen molar-refractivity contribution in [2.24, 2.45) is 5.73 Å². The minimum Gasteiger partial charge on any atom is -0.493 e. The number of carboxylic acids is 1. The summed E-state index contributed by atoms with van der Waals surface area (Å²) in [5.74, 6) is -0.367. The van der Waals surface area contributed by atoms with Gasteiger partial charge in [-0.25, -0.2) is 9.78 Å². The van der Waals surface area contributed by atoms with E-state index in [0.29, 0.717) is 73.4 Å². The number of carbonyl (C=O) groups is 2. The van der Waals surface area contributed by atoms with E-state index in [4.69, 9.17) is 15.2 Å². The first kappa shape index (κ1) is 26.9. The number of thiophene rings is 1. The molecular weight excluding hydrogens is 540 g/mol. The Morgan fingerprint density at radius 1 is 1.05 bits per heavy atom. The molecule has 9 nitrogen and oxygen atoms in total. The maximum Gasteiger partial charge on any atom is 0.355 e. The Bertz CT molecular complexity index is 1640. The number of hydrogen-bond donors (Lipinski definition) is 3. The van der Waals surface area contributed by atoms with Gasteiger partial charge in [0.05, 0.1) is 19.8 Å². The van der Waals surface area contributed by atoms with Gasteiger partial charge in [0.15, 0.2) is 5.69 Å². The number of nitrogens with zero attached hydrogens (tertiary/aromatic N) is 2. The van der Waals surface area contributed by atoms with Gasteiger partial charge in [-0.05, 0) is 65.4 Å². The second-order valence-electron chi connectivity index (χ2n) is 10.0. The van der Waals surface area contributed by atoms with E-state index in [1.165, 1.54) is 0 Å². The van der Waals surface area contributed by atoms with Crippen molar-refractivity contribution in [2.75, 3.05) is 43.1 Å². The summed E-state index contributed by atoms with van der Waals surface area (Å²) in [4.78, 5) is 34.1. The Hall–Kier alpha value is -4.25. The van der Waals surface area contributed by atoms with Gasteiger partial charge in [-0.2, -0.15) is 0 Å². The molecule has 0 unspecified atom stereocenters. The molecule has 2 aromatic heterocycles. The Morgan fingerprint density at radius 3 is 2.63 bits per heavy atom. The summed E-state index contributed by atoms with van der Waals surface area (Å²) in [6, 6.07) is 14.8.